The van der Waals surface area contributed by atoms with Crippen molar-refractivity contribution in [3.05, 3.63) is 0 Å². The molecule has 0 spiro atoms. The standard InChI is InChI=1S/C6H10F4/c1-3-5(2,7)4-6(8,9)10/h3-4H2,1-2H3. The van der Waals surface area contributed by atoms with E-state index in [-0.39, 0.29) is 6.42 Å². The van der Waals surface area contributed by atoms with Crippen LogP contribution in [-0.2, 0) is 0 Å². The van der Waals surface area contributed by atoms with Crippen LogP contribution in [0, 0.1) is 0 Å². The molecule has 0 radical (unpaired) electrons. The maximum atomic E-state index is 12.6. The van der Waals surface area contributed by atoms with Crippen LogP contribution in [0.15, 0.2) is 0 Å². The van der Waals surface area contributed by atoms with Crippen molar-refractivity contribution in [2.24, 2.45) is 0 Å². The fraction of sp³-hybridized carbons (Fsp3) is 1.00. The van der Waals surface area contributed by atoms with Gasteiger partial charge in [0, 0.05) is 0 Å². The minimum atomic E-state index is -4.39. The number of hydrogen-bond acceptors (Lipinski definition) is 0. The van der Waals surface area contributed by atoms with Gasteiger partial charge in [0.05, 0.1) is 6.42 Å². The van der Waals surface area contributed by atoms with E-state index in [0.717, 1.165) is 6.92 Å². The van der Waals surface area contributed by atoms with Crippen molar-refractivity contribution in [1.29, 1.82) is 0 Å². The highest BCUT2D eigenvalue weighted by atomic mass is 19.4. The molecule has 0 amide bonds. The summed E-state index contributed by atoms with van der Waals surface area (Å²) in [4.78, 5) is 0. The predicted molar refractivity (Wildman–Crippen MR) is 30.5 cm³/mol. The fourth-order valence-corrected chi connectivity index (χ4v) is 0.543. The van der Waals surface area contributed by atoms with Gasteiger partial charge in [-0.2, -0.15) is 13.2 Å². The second-order valence-electron chi connectivity index (χ2n) is 2.56. The van der Waals surface area contributed by atoms with Crippen molar-refractivity contribution >= 4 is 0 Å². The maximum Gasteiger partial charge on any atom is 0.392 e. The summed E-state index contributed by atoms with van der Waals surface area (Å²) in [5, 5.41) is 0. The van der Waals surface area contributed by atoms with Crippen LogP contribution >= 0.6 is 0 Å². The summed E-state index contributed by atoms with van der Waals surface area (Å²) < 4.78 is 47.1. The van der Waals surface area contributed by atoms with Gasteiger partial charge in [-0.25, -0.2) is 4.39 Å². The van der Waals surface area contributed by atoms with Gasteiger partial charge in [-0.1, -0.05) is 6.92 Å². The zero-order chi connectivity index (χ0) is 8.41. The van der Waals surface area contributed by atoms with Crippen molar-refractivity contribution in [1.82, 2.24) is 0 Å². The average molecular weight is 158 g/mol. The molecular weight excluding hydrogens is 148 g/mol. The lowest BCUT2D eigenvalue weighted by Crippen LogP contribution is -2.25. The summed E-state index contributed by atoms with van der Waals surface area (Å²) in [6, 6.07) is 0. The highest BCUT2D eigenvalue weighted by molar-refractivity contribution is 4.74. The summed E-state index contributed by atoms with van der Waals surface area (Å²) >= 11 is 0. The Morgan fingerprint density at radius 2 is 1.50 bits per heavy atom. The summed E-state index contributed by atoms with van der Waals surface area (Å²) in [5.41, 5.74) is -2.10. The molecule has 0 aromatic heterocycles. The summed E-state index contributed by atoms with van der Waals surface area (Å²) in [7, 11) is 0. The molecule has 62 valence electrons. The Bertz CT molecular complexity index is 103. The maximum absolute atomic E-state index is 12.6. The SMILES string of the molecule is CCC(C)(F)CC(F)(F)F. The smallest absolute Gasteiger partial charge is 0.244 e. The molecule has 0 fully saturated rings. The molecule has 0 bridgehead atoms. The largest absolute Gasteiger partial charge is 0.392 e. The Labute approximate surface area is 57.2 Å². The van der Waals surface area contributed by atoms with E-state index in [1.807, 2.05) is 0 Å². The van der Waals surface area contributed by atoms with Gasteiger partial charge in [0.15, 0.2) is 0 Å². The minimum Gasteiger partial charge on any atom is -0.244 e. The molecule has 0 saturated heterocycles. The van der Waals surface area contributed by atoms with E-state index in [4.69, 9.17) is 0 Å². The molecule has 0 rings (SSSR count). The summed E-state index contributed by atoms with van der Waals surface area (Å²) in [6.07, 6.45) is -5.84. The van der Waals surface area contributed by atoms with Crippen LogP contribution in [0.3, 0.4) is 0 Å². The summed E-state index contributed by atoms with van der Waals surface area (Å²) in [6.45, 7) is 2.35. The lowest BCUT2D eigenvalue weighted by Gasteiger charge is -2.19. The first kappa shape index (κ1) is 9.72. The molecule has 0 aliphatic rings. The van der Waals surface area contributed by atoms with Gasteiger partial charge in [0.25, 0.3) is 0 Å². The highest BCUT2D eigenvalue weighted by Crippen LogP contribution is 2.31. The molecule has 0 heterocycles. The molecule has 0 aliphatic carbocycles. The molecule has 1 unspecified atom stereocenters. The van der Waals surface area contributed by atoms with Crippen LogP contribution in [0.4, 0.5) is 17.6 Å². The van der Waals surface area contributed by atoms with E-state index in [2.05, 4.69) is 0 Å². The van der Waals surface area contributed by atoms with Crippen molar-refractivity contribution in [3.8, 4) is 0 Å². The monoisotopic (exact) mass is 158 g/mol. The Kier molecular flexibility index (Phi) is 2.68. The number of halogens is 4. The van der Waals surface area contributed by atoms with Crippen molar-refractivity contribution < 1.29 is 17.6 Å². The van der Waals surface area contributed by atoms with Crippen LogP contribution in [0.2, 0.25) is 0 Å². The van der Waals surface area contributed by atoms with Crippen LogP contribution in [0.5, 0.6) is 0 Å². The van der Waals surface area contributed by atoms with E-state index < -0.39 is 18.3 Å². The topological polar surface area (TPSA) is 0 Å². The highest BCUT2D eigenvalue weighted by Gasteiger charge is 2.38. The number of alkyl halides is 4. The molecule has 0 saturated carbocycles. The van der Waals surface area contributed by atoms with Crippen molar-refractivity contribution in [3.63, 3.8) is 0 Å². The quantitative estimate of drug-likeness (QED) is 0.542. The Morgan fingerprint density at radius 1 is 1.10 bits per heavy atom. The van der Waals surface area contributed by atoms with Gasteiger partial charge >= 0.3 is 6.18 Å². The van der Waals surface area contributed by atoms with E-state index in [0.29, 0.717) is 0 Å². The van der Waals surface area contributed by atoms with E-state index in [1.54, 1.807) is 0 Å². The van der Waals surface area contributed by atoms with Gasteiger partial charge in [-0.15, -0.1) is 0 Å². The van der Waals surface area contributed by atoms with Crippen LogP contribution in [0.1, 0.15) is 26.7 Å². The first-order valence-corrected chi connectivity index (χ1v) is 3.02. The van der Waals surface area contributed by atoms with E-state index in [1.165, 1.54) is 6.92 Å². The zero-order valence-electron chi connectivity index (χ0n) is 5.93. The second-order valence-corrected chi connectivity index (χ2v) is 2.56. The molecule has 0 aromatic rings. The average Bonchev–Trinajstić information content (AvgIpc) is 1.60. The third-order valence-electron chi connectivity index (χ3n) is 1.31. The van der Waals surface area contributed by atoms with E-state index in [9.17, 15) is 17.6 Å². The molecule has 0 nitrogen and oxygen atoms in total. The van der Waals surface area contributed by atoms with E-state index >= 15 is 0 Å². The summed E-state index contributed by atoms with van der Waals surface area (Å²) in [5.74, 6) is 0. The number of rotatable bonds is 2. The van der Waals surface area contributed by atoms with Gasteiger partial charge in [0.2, 0.25) is 0 Å². The molecule has 10 heavy (non-hydrogen) atoms. The molecule has 0 aromatic carbocycles. The Hall–Kier alpha value is -0.280. The predicted octanol–water partition coefficient (Wildman–Crippen LogP) is 3.08. The zero-order valence-corrected chi connectivity index (χ0v) is 5.93. The third kappa shape index (κ3) is 4.58. The Morgan fingerprint density at radius 3 is 1.60 bits per heavy atom. The molecule has 4 heteroatoms. The lowest BCUT2D eigenvalue weighted by atomic mass is 10.0. The van der Waals surface area contributed by atoms with Gasteiger partial charge in [0.1, 0.15) is 5.67 Å². The molecule has 0 N–H and O–H groups in total. The molecule has 1 atom stereocenters. The normalized spacial score (nSPS) is 18.6. The van der Waals surface area contributed by atoms with Crippen LogP contribution in [0.25, 0.3) is 0 Å². The first-order chi connectivity index (χ1) is 4.27. The Balaban J connectivity index is 3.89. The van der Waals surface area contributed by atoms with Gasteiger partial charge in [-0.3, -0.25) is 0 Å². The number of hydrogen-bond donors (Lipinski definition) is 0. The fourth-order valence-electron chi connectivity index (χ4n) is 0.543. The van der Waals surface area contributed by atoms with Gasteiger partial charge < -0.3 is 0 Å². The van der Waals surface area contributed by atoms with Crippen molar-refractivity contribution in [2.45, 2.75) is 38.5 Å². The lowest BCUT2D eigenvalue weighted by molar-refractivity contribution is -0.159. The molecular formula is C6H10F4. The van der Waals surface area contributed by atoms with Crippen molar-refractivity contribution in [2.75, 3.05) is 0 Å². The van der Waals surface area contributed by atoms with Gasteiger partial charge in [-0.05, 0) is 13.3 Å². The molecule has 0 aliphatic heterocycles. The second kappa shape index (κ2) is 2.76. The third-order valence-corrected chi connectivity index (χ3v) is 1.31. The minimum absolute atomic E-state index is 0.105. The van der Waals surface area contributed by atoms with Crippen LogP contribution < -0.4 is 0 Å². The first-order valence-electron chi connectivity index (χ1n) is 3.02. The van der Waals surface area contributed by atoms with Crippen LogP contribution in [-0.4, -0.2) is 11.8 Å².